The zero-order valence-corrected chi connectivity index (χ0v) is 13.5. The molecule has 0 radical (unpaired) electrons. The Labute approximate surface area is 144 Å². The number of amides is 1. The molecule has 1 aliphatic heterocycles. The number of hydrogen-bond donors (Lipinski definition) is 2. The van der Waals surface area contributed by atoms with Gasteiger partial charge in [0.25, 0.3) is 5.91 Å². The van der Waals surface area contributed by atoms with Gasteiger partial charge in [-0.25, -0.2) is 9.97 Å². The molecule has 0 bridgehead atoms. The zero-order chi connectivity index (χ0) is 17.1. The minimum atomic E-state index is -0.207. The second-order valence-corrected chi connectivity index (χ2v) is 5.84. The number of nitrogens with one attached hydrogen (secondary N) is 2. The standard InChI is InChI=1S/C17H17N7O/c25-16(15-4-2-8-20-23-15)21-12-6-10-24(11-12)17-19-9-5-14(22-17)13-3-1-7-18-13/h1-5,7-9,12,18H,6,10-11H2,(H,21,25). The van der Waals surface area contributed by atoms with Gasteiger partial charge < -0.3 is 15.2 Å². The number of rotatable bonds is 4. The van der Waals surface area contributed by atoms with Gasteiger partial charge in [0.15, 0.2) is 5.69 Å². The molecular formula is C17H17N7O. The molecule has 1 amide bonds. The molecule has 8 heteroatoms. The van der Waals surface area contributed by atoms with Gasteiger partial charge in [-0.3, -0.25) is 4.79 Å². The Morgan fingerprint density at radius 1 is 1.24 bits per heavy atom. The highest BCUT2D eigenvalue weighted by Crippen LogP contribution is 2.20. The number of H-pyrrole nitrogens is 1. The van der Waals surface area contributed by atoms with Crippen molar-refractivity contribution in [3.8, 4) is 11.4 Å². The summed E-state index contributed by atoms with van der Waals surface area (Å²) in [6.45, 7) is 1.46. The van der Waals surface area contributed by atoms with Crippen molar-refractivity contribution in [2.75, 3.05) is 18.0 Å². The highest BCUT2D eigenvalue weighted by Gasteiger charge is 2.26. The summed E-state index contributed by atoms with van der Waals surface area (Å²) in [6, 6.07) is 9.16. The van der Waals surface area contributed by atoms with Gasteiger partial charge in [-0.05, 0) is 36.8 Å². The summed E-state index contributed by atoms with van der Waals surface area (Å²) in [6.07, 6.45) is 6.00. The largest absolute Gasteiger partial charge is 0.360 e. The van der Waals surface area contributed by atoms with Gasteiger partial charge in [-0.15, -0.1) is 5.10 Å². The number of aromatic nitrogens is 5. The second-order valence-electron chi connectivity index (χ2n) is 5.84. The Hall–Kier alpha value is -3.29. The van der Waals surface area contributed by atoms with Crippen LogP contribution in [-0.2, 0) is 0 Å². The number of aromatic amines is 1. The van der Waals surface area contributed by atoms with Crippen LogP contribution in [0, 0.1) is 0 Å². The predicted molar refractivity (Wildman–Crippen MR) is 91.9 cm³/mol. The summed E-state index contributed by atoms with van der Waals surface area (Å²) < 4.78 is 0. The number of hydrogen-bond acceptors (Lipinski definition) is 6. The molecule has 25 heavy (non-hydrogen) atoms. The Balaban J connectivity index is 1.43. The number of anilines is 1. The van der Waals surface area contributed by atoms with E-state index in [0.717, 1.165) is 24.4 Å². The molecule has 1 aliphatic rings. The van der Waals surface area contributed by atoms with Crippen molar-refractivity contribution in [1.82, 2.24) is 30.5 Å². The van der Waals surface area contributed by atoms with E-state index in [1.807, 2.05) is 24.4 Å². The first-order valence-corrected chi connectivity index (χ1v) is 8.10. The maximum atomic E-state index is 12.2. The van der Waals surface area contributed by atoms with Crippen LogP contribution in [0.2, 0.25) is 0 Å². The first-order valence-electron chi connectivity index (χ1n) is 8.10. The molecule has 3 aromatic heterocycles. The van der Waals surface area contributed by atoms with Gasteiger partial charge in [0.05, 0.1) is 11.4 Å². The van der Waals surface area contributed by atoms with Crippen LogP contribution >= 0.6 is 0 Å². The third-order valence-corrected chi connectivity index (χ3v) is 4.13. The van der Waals surface area contributed by atoms with Crippen molar-refractivity contribution >= 4 is 11.9 Å². The van der Waals surface area contributed by atoms with Crippen LogP contribution in [0.4, 0.5) is 5.95 Å². The van der Waals surface area contributed by atoms with Gasteiger partial charge in [-0.1, -0.05) is 0 Å². The summed E-state index contributed by atoms with van der Waals surface area (Å²) in [5.41, 5.74) is 2.13. The van der Waals surface area contributed by atoms with Crippen molar-refractivity contribution in [2.45, 2.75) is 12.5 Å². The molecule has 8 nitrogen and oxygen atoms in total. The molecule has 0 aromatic carbocycles. The summed E-state index contributed by atoms with van der Waals surface area (Å²) in [5, 5.41) is 10.6. The highest BCUT2D eigenvalue weighted by atomic mass is 16.2. The number of carbonyl (C=O) groups is 1. The minimum absolute atomic E-state index is 0.0345. The molecule has 2 N–H and O–H groups in total. The quantitative estimate of drug-likeness (QED) is 0.745. The number of nitrogens with zero attached hydrogens (tertiary/aromatic N) is 5. The van der Waals surface area contributed by atoms with Crippen LogP contribution in [0.5, 0.6) is 0 Å². The van der Waals surface area contributed by atoms with Crippen molar-refractivity contribution in [3.63, 3.8) is 0 Å². The summed E-state index contributed by atoms with van der Waals surface area (Å²) in [7, 11) is 0. The summed E-state index contributed by atoms with van der Waals surface area (Å²) >= 11 is 0. The molecule has 0 aliphatic carbocycles. The van der Waals surface area contributed by atoms with E-state index >= 15 is 0 Å². The average molecular weight is 335 g/mol. The van der Waals surface area contributed by atoms with Crippen LogP contribution in [0.1, 0.15) is 16.9 Å². The molecule has 1 saturated heterocycles. The van der Waals surface area contributed by atoms with E-state index in [2.05, 4.69) is 35.4 Å². The van der Waals surface area contributed by atoms with Crippen molar-refractivity contribution < 1.29 is 4.79 Å². The van der Waals surface area contributed by atoms with E-state index < -0.39 is 0 Å². The molecule has 0 spiro atoms. The third-order valence-electron chi connectivity index (χ3n) is 4.13. The normalized spacial score (nSPS) is 16.8. The Kier molecular flexibility index (Phi) is 4.07. The van der Waals surface area contributed by atoms with Crippen molar-refractivity contribution in [3.05, 3.63) is 54.6 Å². The van der Waals surface area contributed by atoms with Gasteiger partial charge in [-0.2, -0.15) is 5.10 Å². The zero-order valence-electron chi connectivity index (χ0n) is 13.5. The van der Waals surface area contributed by atoms with E-state index in [1.54, 1.807) is 24.5 Å². The van der Waals surface area contributed by atoms with Crippen LogP contribution in [0.3, 0.4) is 0 Å². The van der Waals surface area contributed by atoms with Crippen molar-refractivity contribution in [1.29, 1.82) is 0 Å². The molecule has 0 saturated carbocycles. The summed E-state index contributed by atoms with van der Waals surface area (Å²) in [5.74, 6) is 0.462. The highest BCUT2D eigenvalue weighted by molar-refractivity contribution is 5.92. The molecule has 1 fully saturated rings. The van der Waals surface area contributed by atoms with Gasteiger partial charge >= 0.3 is 0 Å². The van der Waals surface area contributed by atoms with Gasteiger partial charge in [0.2, 0.25) is 5.95 Å². The fourth-order valence-electron chi connectivity index (χ4n) is 2.88. The molecule has 1 atom stereocenters. The SMILES string of the molecule is O=C(NC1CCN(c2nccc(-c3ccc[nH]3)n2)C1)c1cccnn1. The Morgan fingerprint density at radius 3 is 3.00 bits per heavy atom. The Bertz CT molecular complexity index is 850. The van der Waals surface area contributed by atoms with E-state index in [4.69, 9.17) is 0 Å². The fourth-order valence-corrected chi connectivity index (χ4v) is 2.88. The van der Waals surface area contributed by atoms with Gasteiger partial charge in [0.1, 0.15) is 0 Å². The summed E-state index contributed by atoms with van der Waals surface area (Å²) in [4.78, 5) is 26.4. The molecule has 4 heterocycles. The lowest BCUT2D eigenvalue weighted by atomic mass is 10.2. The molecule has 1 unspecified atom stereocenters. The van der Waals surface area contributed by atoms with Crippen LogP contribution in [0.15, 0.2) is 48.9 Å². The lowest BCUT2D eigenvalue weighted by Gasteiger charge is -2.17. The fraction of sp³-hybridized carbons (Fsp3) is 0.235. The smallest absolute Gasteiger partial charge is 0.272 e. The maximum absolute atomic E-state index is 12.2. The molecular weight excluding hydrogens is 318 g/mol. The molecule has 4 rings (SSSR count). The van der Waals surface area contributed by atoms with E-state index in [0.29, 0.717) is 18.2 Å². The maximum Gasteiger partial charge on any atom is 0.272 e. The van der Waals surface area contributed by atoms with Crippen LogP contribution in [-0.4, -0.2) is 50.2 Å². The lowest BCUT2D eigenvalue weighted by Crippen LogP contribution is -2.37. The van der Waals surface area contributed by atoms with Crippen molar-refractivity contribution in [2.24, 2.45) is 0 Å². The van der Waals surface area contributed by atoms with E-state index in [9.17, 15) is 4.79 Å². The van der Waals surface area contributed by atoms with E-state index in [1.165, 1.54) is 0 Å². The minimum Gasteiger partial charge on any atom is -0.360 e. The first-order chi connectivity index (χ1) is 12.3. The lowest BCUT2D eigenvalue weighted by molar-refractivity contribution is 0.0934. The first kappa shape index (κ1) is 15.3. The number of carbonyl (C=O) groups excluding carboxylic acids is 1. The topological polar surface area (TPSA) is 99.7 Å². The molecule has 3 aromatic rings. The van der Waals surface area contributed by atoms with Gasteiger partial charge in [0, 0.05) is 37.7 Å². The monoisotopic (exact) mass is 335 g/mol. The predicted octanol–water partition coefficient (Wildman–Crippen LogP) is 1.27. The average Bonchev–Trinajstić information content (AvgIpc) is 3.35. The van der Waals surface area contributed by atoms with E-state index in [-0.39, 0.29) is 11.9 Å². The Morgan fingerprint density at radius 2 is 2.20 bits per heavy atom. The van der Waals surface area contributed by atoms with Crippen LogP contribution in [0.25, 0.3) is 11.4 Å². The third kappa shape index (κ3) is 3.32. The molecule has 126 valence electrons. The van der Waals surface area contributed by atoms with Crippen LogP contribution < -0.4 is 10.2 Å². The second kappa shape index (κ2) is 6.68.